The fourth-order valence-corrected chi connectivity index (χ4v) is 3.59. The molecule has 0 bridgehead atoms. The van der Waals surface area contributed by atoms with Crippen LogP contribution >= 0.6 is 11.6 Å². The zero-order valence-corrected chi connectivity index (χ0v) is 13.6. The maximum absolute atomic E-state index is 12.5. The Balaban J connectivity index is 1.74. The normalized spacial score (nSPS) is 25.2. The molecule has 1 aliphatic carbocycles. The number of hydrogen-bond donors (Lipinski definition) is 0. The highest BCUT2D eigenvalue weighted by Gasteiger charge is 2.51. The summed E-state index contributed by atoms with van der Waals surface area (Å²) in [6.07, 6.45) is 3.36. The Morgan fingerprint density at radius 2 is 1.83 bits per heavy atom. The molecule has 0 spiro atoms. The van der Waals surface area contributed by atoms with Gasteiger partial charge in [0, 0.05) is 5.02 Å². The lowest BCUT2D eigenvalue weighted by molar-refractivity contribution is -0.152. The molecule has 1 aromatic carbocycles. The smallest absolute Gasteiger partial charge is 0.334 e. The fraction of sp³-hybridized carbons (Fsp3) is 0.471. The topological polar surface area (TPSA) is 63.7 Å². The first kappa shape index (κ1) is 16.0. The number of hydrogen-bond acceptors (Lipinski definition) is 4. The third-order valence-electron chi connectivity index (χ3n) is 4.62. The molecule has 1 saturated carbocycles. The lowest BCUT2D eigenvalue weighted by Crippen LogP contribution is -2.45. The predicted molar refractivity (Wildman–Crippen MR) is 83.9 cm³/mol. The van der Waals surface area contributed by atoms with Crippen molar-refractivity contribution >= 4 is 29.4 Å². The summed E-state index contributed by atoms with van der Waals surface area (Å²) in [6, 6.07) is 5.51. The van der Waals surface area contributed by atoms with Gasteiger partial charge in [0.05, 0.1) is 11.8 Å². The van der Waals surface area contributed by atoms with E-state index in [4.69, 9.17) is 16.3 Å². The van der Waals surface area contributed by atoms with Crippen LogP contribution in [0.2, 0.25) is 5.02 Å². The number of carbonyl (C=O) groups is 3. The second kappa shape index (κ2) is 6.32. The molecule has 0 aromatic heterocycles. The molecule has 1 saturated heterocycles. The highest BCUT2D eigenvalue weighted by molar-refractivity contribution is 6.30. The number of benzene rings is 1. The zero-order chi connectivity index (χ0) is 16.6. The second-order valence-corrected chi connectivity index (χ2v) is 6.53. The van der Waals surface area contributed by atoms with Crippen molar-refractivity contribution in [2.24, 2.45) is 11.8 Å². The van der Waals surface area contributed by atoms with Crippen LogP contribution in [-0.4, -0.2) is 28.7 Å². The number of esters is 1. The number of imide groups is 1. The standard InChI is InChI=1S/C17H18ClNO4/c1-10(17(22)23-12-6-4-5-11(18)9-12)19-15(20)13-7-2-3-8-14(13)16(19)21/h4-6,9-10,13-14H,2-3,7-8H2,1H3. The van der Waals surface area contributed by atoms with E-state index in [-0.39, 0.29) is 23.7 Å². The number of carbonyl (C=O) groups excluding carboxylic acids is 3. The van der Waals surface area contributed by atoms with Crippen LogP contribution in [0.4, 0.5) is 0 Å². The van der Waals surface area contributed by atoms with Gasteiger partial charge in [0.2, 0.25) is 11.8 Å². The Morgan fingerprint density at radius 1 is 1.22 bits per heavy atom. The summed E-state index contributed by atoms with van der Waals surface area (Å²) in [5.74, 6) is -1.35. The summed E-state index contributed by atoms with van der Waals surface area (Å²) in [4.78, 5) is 38.3. The largest absolute Gasteiger partial charge is 0.425 e. The Bertz CT molecular complexity index is 636. The number of nitrogens with zero attached hydrogens (tertiary/aromatic N) is 1. The Morgan fingerprint density at radius 3 is 2.39 bits per heavy atom. The van der Waals surface area contributed by atoms with Crippen molar-refractivity contribution in [3.8, 4) is 5.75 Å². The molecule has 3 rings (SSSR count). The minimum Gasteiger partial charge on any atom is -0.425 e. The number of likely N-dealkylation sites (tertiary alicyclic amines) is 1. The van der Waals surface area contributed by atoms with Crippen molar-refractivity contribution in [1.29, 1.82) is 0 Å². The average molecular weight is 336 g/mol. The van der Waals surface area contributed by atoms with Gasteiger partial charge in [-0.25, -0.2) is 4.79 Å². The Hall–Kier alpha value is -1.88. The molecule has 3 unspecified atom stereocenters. The molecule has 1 aliphatic heterocycles. The molecule has 23 heavy (non-hydrogen) atoms. The molecular formula is C17H18ClNO4. The first-order valence-electron chi connectivity index (χ1n) is 7.83. The van der Waals surface area contributed by atoms with Gasteiger partial charge in [-0.05, 0) is 38.0 Å². The van der Waals surface area contributed by atoms with E-state index >= 15 is 0 Å². The SMILES string of the molecule is CC(C(=O)Oc1cccc(Cl)c1)N1C(=O)C2CCCCC2C1=O. The van der Waals surface area contributed by atoms with Gasteiger partial charge in [-0.1, -0.05) is 30.5 Å². The lowest BCUT2D eigenvalue weighted by atomic mass is 9.81. The first-order valence-corrected chi connectivity index (χ1v) is 8.21. The van der Waals surface area contributed by atoms with Crippen molar-refractivity contribution in [2.45, 2.75) is 38.6 Å². The quantitative estimate of drug-likeness (QED) is 0.484. The van der Waals surface area contributed by atoms with Crippen LogP contribution in [0.15, 0.2) is 24.3 Å². The maximum atomic E-state index is 12.5. The molecule has 0 N–H and O–H groups in total. The van der Waals surface area contributed by atoms with Gasteiger partial charge in [0.15, 0.2) is 0 Å². The van der Waals surface area contributed by atoms with Gasteiger partial charge in [-0.3, -0.25) is 14.5 Å². The second-order valence-electron chi connectivity index (χ2n) is 6.10. The van der Waals surface area contributed by atoms with E-state index in [1.165, 1.54) is 13.0 Å². The number of amides is 2. The first-order chi connectivity index (χ1) is 11.0. The zero-order valence-electron chi connectivity index (χ0n) is 12.8. The molecule has 1 heterocycles. The molecule has 122 valence electrons. The number of fused-ring (bicyclic) bond motifs is 1. The molecule has 5 nitrogen and oxygen atoms in total. The van der Waals surface area contributed by atoms with E-state index in [2.05, 4.69) is 0 Å². The van der Waals surface area contributed by atoms with E-state index in [1.54, 1.807) is 18.2 Å². The van der Waals surface area contributed by atoms with Crippen molar-refractivity contribution in [2.75, 3.05) is 0 Å². The van der Waals surface area contributed by atoms with E-state index < -0.39 is 12.0 Å². The van der Waals surface area contributed by atoms with Gasteiger partial charge in [0.25, 0.3) is 0 Å². The summed E-state index contributed by atoms with van der Waals surface area (Å²) in [5, 5.41) is 0.447. The van der Waals surface area contributed by atoms with Crippen LogP contribution in [0.5, 0.6) is 5.75 Å². The summed E-state index contributed by atoms with van der Waals surface area (Å²) >= 11 is 5.85. The summed E-state index contributed by atoms with van der Waals surface area (Å²) in [6.45, 7) is 1.53. The van der Waals surface area contributed by atoms with Crippen LogP contribution in [0, 0.1) is 11.8 Å². The fourth-order valence-electron chi connectivity index (χ4n) is 3.41. The molecule has 1 aromatic rings. The van der Waals surface area contributed by atoms with Gasteiger partial charge < -0.3 is 4.74 Å². The highest BCUT2D eigenvalue weighted by atomic mass is 35.5. The molecule has 3 atom stereocenters. The molecule has 2 aliphatic rings. The highest BCUT2D eigenvalue weighted by Crippen LogP contribution is 2.39. The van der Waals surface area contributed by atoms with Gasteiger partial charge in [0.1, 0.15) is 11.8 Å². The minimum absolute atomic E-state index is 0.241. The monoisotopic (exact) mass is 335 g/mol. The van der Waals surface area contributed by atoms with Gasteiger partial charge >= 0.3 is 5.97 Å². The van der Waals surface area contributed by atoms with Gasteiger partial charge in [-0.15, -0.1) is 0 Å². The van der Waals surface area contributed by atoms with Gasteiger partial charge in [-0.2, -0.15) is 0 Å². The van der Waals surface area contributed by atoms with Crippen LogP contribution in [-0.2, 0) is 14.4 Å². The Kier molecular flexibility index (Phi) is 4.39. The summed E-state index contributed by atoms with van der Waals surface area (Å²) in [7, 11) is 0. The van der Waals surface area contributed by atoms with Crippen LogP contribution in [0.1, 0.15) is 32.6 Å². The maximum Gasteiger partial charge on any atom is 0.334 e. The molecular weight excluding hydrogens is 318 g/mol. The summed E-state index contributed by atoms with van der Waals surface area (Å²) < 4.78 is 5.25. The van der Waals surface area contributed by atoms with Crippen LogP contribution in [0.25, 0.3) is 0 Å². The third-order valence-corrected chi connectivity index (χ3v) is 4.85. The van der Waals surface area contributed by atoms with Crippen molar-refractivity contribution in [3.63, 3.8) is 0 Å². The Labute approximate surface area is 139 Å². The van der Waals surface area contributed by atoms with Crippen molar-refractivity contribution in [1.82, 2.24) is 4.90 Å². The molecule has 2 amide bonds. The predicted octanol–water partition coefficient (Wildman–Crippen LogP) is 2.81. The third kappa shape index (κ3) is 2.98. The summed E-state index contributed by atoms with van der Waals surface area (Å²) in [5.41, 5.74) is 0. The van der Waals surface area contributed by atoms with Crippen molar-refractivity contribution in [3.05, 3.63) is 29.3 Å². The lowest BCUT2D eigenvalue weighted by Gasteiger charge is -2.21. The van der Waals surface area contributed by atoms with Crippen LogP contribution < -0.4 is 4.74 Å². The molecule has 6 heteroatoms. The number of halogens is 1. The van der Waals surface area contributed by atoms with E-state index in [0.29, 0.717) is 10.8 Å². The van der Waals surface area contributed by atoms with E-state index in [0.717, 1.165) is 30.6 Å². The molecule has 0 radical (unpaired) electrons. The number of rotatable bonds is 3. The van der Waals surface area contributed by atoms with Crippen molar-refractivity contribution < 1.29 is 19.1 Å². The average Bonchev–Trinajstić information content (AvgIpc) is 2.79. The minimum atomic E-state index is -0.931. The molecule has 2 fully saturated rings. The number of ether oxygens (including phenoxy) is 1. The van der Waals surface area contributed by atoms with E-state index in [9.17, 15) is 14.4 Å². The van der Waals surface area contributed by atoms with Crippen LogP contribution in [0.3, 0.4) is 0 Å². The van der Waals surface area contributed by atoms with E-state index in [1.807, 2.05) is 0 Å².